The summed E-state index contributed by atoms with van der Waals surface area (Å²) in [6, 6.07) is 0. The van der Waals surface area contributed by atoms with Crippen LogP contribution in [-0.4, -0.2) is 11.1 Å². The Labute approximate surface area is 87.8 Å². The lowest BCUT2D eigenvalue weighted by atomic mass is 10.1. The predicted octanol–water partition coefficient (Wildman–Crippen LogP) is 3.51. The third-order valence-electron chi connectivity index (χ3n) is 1.48. The fraction of sp³-hybridized carbons (Fsp3) is 0.444. The Kier molecular flexibility index (Phi) is 6.73. The number of unbranched alkanes of at least 4 members (excludes halogenated alkanes) is 1. The van der Waals surface area contributed by atoms with Crippen LogP contribution >= 0.6 is 23.2 Å². The quantitative estimate of drug-likeness (QED) is 0.572. The van der Waals surface area contributed by atoms with Crippen LogP contribution in [0, 0.1) is 0 Å². The molecule has 0 amide bonds. The van der Waals surface area contributed by atoms with Crippen LogP contribution in [-0.2, 0) is 4.79 Å². The zero-order valence-corrected chi connectivity index (χ0v) is 8.90. The van der Waals surface area contributed by atoms with Crippen molar-refractivity contribution in [2.75, 3.05) is 0 Å². The molecule has 13 heavy (non-hydrogen) atoms. The Bertz CT molecular complexity index is 228. The molecular weight excluding hydrogens is 211 g/mol. The summed E-state index contributed by atoms with van der Waals surface area (Å²) in [4.78, 5) is 10.6. The standard InChI is InChI=1S/C9H12Cl2O2/c1-2-3-4-7(9(12)13)5-6-8(10)11/h5-6H,2-4H2,1H3,(H,12,13). The molecule has 0 spiro atoms. The van der Waals surface area contributed by atoms with E-state index in [0.29, 0.717) is 12.0 Å². The Hall–Kier alpha value is -0.470. The van der Waals surface area contributed by atoms with Gasteiger partial charge in [-0.2, -0.15) is 0 Å². The first-order valence-corrected chi connectivity index (χ1v) is 4.78. The lowest BCUT2D eigenvalue weighted by Gasteiger charge is -1.98. The molecule has 0 saturated carbocycles. The SMILES string of the molecule is CCCCC(=CC=C(Cl)Cl)C(=O)O. The van der Waals surface area contributed by atoms with Gasteiger partial charge in [0.2, 0.25) is 0 Å². The monoisotopic (exact) mass is 222 g/mol. The minimum atomic E-state index is -0.917. The molecule has 4 heteroatoms. The minimum Gasteiger partial charge on any atom is -0.478 e. The molecule has 2 nitrogen and oxygen atoms in total. The van der Waals surface area contributed by atoms with Crippen LogP contribution in [0.5, 0.6) is 0 Å². The van der Waals surface area contributed by atoms with E-state index in [2.05, 4.69) is 0 Å². The van der Waals surface area contributed by atoms with E-state index < -0.39 is 5.97 Å². The van der Waals surface area contributed by atoms with Crippen LogP contribution < -0.4 is 0 Å². The Morgan fingerprint density at radius 2 is 2.00 bits per heavy atom. The van der Waals surface area contributed by atoms with Crippen LogP contribution in [0.15, 0.2) is 22.2 Å². The number of aliphatic carboxylic acids is 1. The molecule has 0 aromatic carbocycles. The van der Waals surface area contributed by atoms with Gasteiger partial charge in [-0.05, 0) is 25.0 Å². The minimum absolute atomic E-state index is 0.0650. The topological polar surface area (TPSA) is 37.3 Å². The highest BCUT2D eigenvalue weighted by molar-refractivity contribution is 6.56. The third kappa shape index (κ3) is 6.67. The van der Waals surface area contributed by atoms with Gasteiger partial charge in [-0.15, -0.1) is 0 Å². The number of carbonyl (C=O) groups is 1. The van der Waals surface area contributed by atoms with Crippen molar-refractivity contribution in [1.82, 2.24) is 0 Å². The summed E-state index contributed by atoms with van der Waals surface area (Å²) >= 11 is 10.7. The van der Waals surface area contributed by atoms with Crippen molar-refractivity contribution in [3.63, 3.8) is 0 Å². The molecule has 0 aromatic heterocycles. The molecule has 0 rings (SSSR count). The number of carboxylic acids is 1. The van der Waals surface area contributed by atoms with Gasteiger partial charge >= 0.3 is 5.97 Å². The van der Waals surface area contributed by atoms with Gasteiger partial charge in [-0.3, -0.25) is 0 Å². The summed E-state index contributed by atoms with van der Waals surface area (Å²) < 4.78 is 0.0650. The van der Waals surface area contributed by atoms with Crippen LogP contribution in [0.4, 0.5) is 0 Å². The summed E-state index contributed by atoms with van der Waals surface area (Å²) in [5.74, 6) is -0.917. The van der Waals surface area contributed by atoms with E-state index in [4.69, 9.17) is 28.3 Å². The van der Waals surface area contributed by atoms with Crippen molar-refractivity contribution in [1.29, 1.82) is 0 Å². The second-order valence-electron chi connectivity index (χ2n) is 2.56. The average Bonchev–Trinajstić information content (AvgIpc) is 2.03. The van der Waals surface area contributed by atoms with E-state index in [1.807, 2.05) is 6.92 Å². The third-order valence-corrected chi connectivity index (χ3v) is 1.74. The number of rotatable bonds is 5. The van der Waals surface area contributed by atoms with Gasteiger partial charge in [0.15, 0.2) is 0 Å². The second kappa shape index (κ2) is 6.98. The molecular formula is C9H12Cl2O2. The van der Waals surface area contributed by atoms with Gasteiger partial charge in [0.1, 0.15) is 4.49 Å². The summed E-state index contributed by atoms with van der Waals surface area (Å²) in [7, 11) is 0. The predicted molar refractivity (Wildman–Crippen MR) is 55.0 cm³/mol. The highest BCUT2D eigenvalue weighted by Crippen LogP contribution is 2.11. The lowest BCUT2D eigenvalue weighted by Crippen LogP contribution is -1.99. The highest BCUT2D eigenvalue weighted by atomic mass is 35.5. The number of halogens is 2. The number of carboxylic acid groups (broad SMARTS) is 1. The van der Waals surface area contributed by atoms with E-state index in [1.165, 1.54) is 12.2 Å². The largest absolute Gasteiger partial charge is 0.478 e. The normalized spacial score (nSPS) is 11.2. The van der Waals surface area contributed by atoms with Crippen molar-refractivity contribution >= 4 is 29.2 Å². The van der Waals surface area contributed by atoms with Crippen molar-refractivity contribution in [2.45, 2.75) is 26.2 Å². The first kappa shape index (κ1) is 12.5. The molecule has 0 aliphatic carbocycles. The Morgan fingerprint density at radius 1 is 1.38 bits per heavy atom. The zero-order chi connectivity index (χ0) is 10.3. The molecule has 0 atom stereocenters. The maximum Gasteiger partial charge on any atom is 0.331 e. The number of hydrogen-bond acceptors (Lipinski definition) is 1. The van der Waals surface area contributed by atoms with Gasteiger partial charge in [0.05, 0.1) is 0 Å². The molecule has 0 aliphatic heterocycles. The van der Waals surface area contributed by atoms with E-state index >= 15 is 0 Å². The molecule has 0 heterocycles. The molecule has 0 bridgehead atoms. The van der Waals surface area contributed by atoms with Crippen molar-refractivity contribution in [2.24, 2.45) is 0 Å². The van der Waals surface area contributed by atoms with Gasteiger partial charge in [0, 0.05) is 5.57 Å². The Balaban J connectivity index is 4.33. The van der Waals surface area contributed by atoms with Crippen LogP contribution in [0.3, 0.4) is 0 Å². The molecule has 0 unspecified atom stereocenters. The van der Waals surface area contributed by atoms with Gasteiger partial charge in [-0.25, -0.2) is 4.79 Å². The van der Waals surface area contributed by atoms with Gasteiger partial charge in [-0.1, -0.05) is 36.5 Å². The van der Waals surface area contributed by atoms with Gasteiger partial charge < -0.3 is 5.11 Å². The summed E-state index contributed by atoms with van der Waals surface area (Å²) in [6.45, 7) is 2.00. The van der Waals surface area contributed by atoms with Crippen LogP contribution in [0.2, 0.25) is 0 Å². The Morgan fingerprint density at radius 3 is 2.38 bits per heavy atom. The molecule has 0 saturated heterocycles. The average molecular weight is 223 g/mol. The maximum absolute atomic E-state index is 10.6. The van der Waals surface area contributed by atoms with Crippen molar-refractivity contribution < 1.29 is 9.90 Å². The van der Waals surface area contributed by atoms with E-state index in [1.54, 1.807) is 0 Å². The molecule has 0 radical (unpaired) electrons. The molecule has 1 N–H and O–H groups in total. The number of allylic oxidation sites excluding steroid dienone is 2. The van der Waals surface area contributed by atoms with Crippen LogP contribution in [0.25, 0.3) is 0 Å². The van der Waals surface area contributed by atoms with E-state index in [9.17, 15) is 4.79 Å². The summed E-state index contributed by atoms with van der Waals surface area (Å²) in [6.07, 6.45) is 5.17. The van der Waals surface area contributed by atoms with E-state index in [0.717, 1.165) is 12.8 Å². The zero-order valence-electron chi connectivity index (χ0n) is 7.39. The smallest absolute Gasteiger partial charge is 0.331 e. The first-order chi connectivity index (χ1) is 6.07. The molecule has 0 aliphatic rings. The number of hydrogen-bond donors (Lipinski definition) is 1. The maximum atomic E-state index is 10.6. The summed E-state index contributed by atoms with van der Waals surface area (Å²) in [5.41, 5.74) is 0.334. The second-order valence-corrected chi connectivity index (χ2v) is 3.56. The van der Waals surface area contributed by atoms with Crippen molar-refractivity contribution in [3.8, 4) is 0 Å². The fourth-order valence-electron chi connectivity index (χ4n) is 0.792. The molecule has 74 valence electrons. The molecule has 0 fully saturated rings. The van der Waals surface area contributed by atoms with Crippen molar-refractivity contribution in [3.05, 3.63) is 22.2 Å². The lowest BCUT2D eigenvalue weighted by molar-refractivity contribution is -0.132. The van der Waals surface area contributed by atoms with Gasteiger partial charge in [0.25, 0.3) is 0 Å². The van der Waals surface area contributed by atoms with E-state index in [-0.39, 0.29) is 4.49 Å². The summed E-state index contributed by atoms with van der Waals surface area (Å²) in [5, 5.41) is 8.73. The fourth-order valence-corrected chi connectivity index (χ4v) is 0.918. The first-order valence-electron chi connectivity index (χ1n) is 4.03. The van der Waals surface area contributed by atoms with Crippen LogP contribution in [0.1, 0.15) is 26.2 Å². The molecule has 0 aromatic rings. The highest BCUT2D eigenvalue weighted by Gasteiger charge is 2.04.